The second-order valence-corrected chi connectivity index (χ2v) is 6.59. The van der Waals surface area contributed by atoms with Gasteiger partial charge in [-0.15, -0.1) is 22.7 Å². The van der Waals surface area contributed by atoms with Crippen LogP contribution in [0.25, 0.3) is 10.7 Å². The molecule has 0 aromatic carbocycles. The van der Waals surface area contributed by atoms with Gasteiger partial charge in [0.05, 0.1) is 10.9 Å². The summed E-state index contributed by atoms with van der Waals surface area (Å²) in [6.45, 7) is 2.28. The van der Waals surface area contributed by atoms with Crippen molar-refractivity contribution in [3.8, 4) is 10.7 Å². The van der Waals surface area contributed by atoms with Crippen molar-refractivity contribution in [1.82, 2.24) is 14.9 Å². The number of imidazole rings is 1. The first-order valence-electron chi connectivity index (χ1n) is 6.62. The van der Waals surface area contributed by atoms with Crippen LogP contribution in [0.3, 0.4) is 0 Å². The summed E-state index contributed by atoms with van der Waals surface area (Å²) in [5.41, 5.74) is 0. The number of amides is 1. The zero-order valence-corrected chi connectivity index (χ0v) is 13.2. The Hall–Kier alpha value is -1.92. The number of thiophene rings is 2. The van der Waals surface area contributed by atoms with Gasteiger partial charge in [0.25, 0.3) is 0 Å². The molecule has 0 spiro atoms. The fraction of sp³-hybridized carbons (Fsp3) is 0.200. The predicted molar refractivity (Wildman–Crippen MR) is 86.4 cm³/mol. The fourth-order valence-corrected chi connectivity index (χ4v) is 3.59. The minimum atomic E-state index is -0.00768. The van der Waals surface area contributed by atoms with Gasteiger partial charge in [0, 0.05) is 17.3 Å². The van der Waals surface area contributed by atoms with Crippen LogP contribution in [0, 0.1) is 0 Å². The molecule has 1 atom stereocenters. The van der Waals surface area contributed by atoms with E-state index >= 15 is 0 Å². The Morgan fingerprint density at radius 1 is 1.33 bits per heavy atom. The summed E-state index contributed by atoms with van der Waals surface area (Å²) in [7, 11) is 0. The number of rotatable bonds is 5. The van der Waals surface area contributed by atoms with E-state index in [0.29, 0.717) is 0 Å². The van der Waals surface area contributed by atoms with E-state index in [-0.39, 0.29) is 18.5 Å². The lowest BCUT2D eigenvalue weighted by molar-refractivity contribution is -0.122. The molecule has 0 fully saturated rings. The molecule has 0 radical (unpaired) electrons. The van der Waals surface area contributed by atoms with Crippen molar-refractivity contribution < 1.29 is 4.79 Å². The second kappa shape index (κ2) is 6.24. The molecular formula is C15H15N3OS2. The van der Waals surface area contributed by atoms with Crippen molar-refractivity contribution in [2.45, 2.75) is 19.5 Å². The van der Waals surface area contributed by atoms with Gasteiger partial charge < -0.3 is 9.88 Å². The second-order valence-electron chi connectivity index (χ2n) is 4.66. The number of carbonyl (C=O) groups excluding carboxylic acids is 1. The van der Waals surface area contributed by atoms with Gasteiger partial charge in [-0.1, -0.05) is 12.1 Å². The molecule has 21 heavy (non-hydrogen) atoms. The summed E-state index contributed by atoms with van der Waals surface area (Å²) in [5, 5.41) is 7.04. The molecule has 0 bridgehead atoms. The summed E-state index contributed by atoms with van der Waals surface area (Å²) in [6, 6.07) is 8.05. The third kappa shape index (κ3) is 3.22. The van der Waals surface area contributed by atoms with Crippen LogP contribution in [0.15, 0.2) is 47.4 Å². The normalized spacial score (nSPS) is 12.2. The SMILES string of the molecule is C[C@H](NC(=O)Cn1ccnc1-c1cccs1)c1cccs1. The van der Waals surface area contributed by atoms with Crippen LogP contribution in [0.2, 0.25) is 0 Å². The maximum absolute atomic E-state index is 12.2. The number of hydrogen-bond acceptors (Lipinski definition) is 4. The average molecular weight is 317 g/mol. The van der Waals surface area contributed by atoms with Gasteiger partial charge in [0.2, 0.25) is 5.91 Å². The van der Waals surface area contributed by atoms with Crippen molar-refractivity contribution in [1.29, 1.82) is 0 Å². The molecule has 3 rings (SSSR count). The van der Waals surface area contributed by atoms with Gasteiger partial charge in [0.15, 0.2) is 0 Å². The first-order valence-corrected chi connectivity index (χ1v) is 8.38. The monoisotopic (exact) mass is 317 g/mol. The molecule has 0 aliphatic heterocycles. The van der Waals surface area contributed by atoms with Crippen LogP contribution in [-0.4, -0.2) is 15.5 Å². The molecule has 1 N–H and O–H groups in total. The Morgan fingerprint density at radius 2 is 2.14 bits per heavy atom. The molecule has 6 heteroatoms. The highest BCUT2D eigenvalue weighted by Gasteiger charge is 2.13. The predicted octanol–water partition coefficient (Wildman–Crippen LogP) is 3.55. The molecule has 1 amide bonds. The Kier molecular flexibility index (Phi) is 4.17. The molecular weight excluding hydrogens is 302 g/mol. The average Bonchev–Trinajstić information content (AvgIpc) is 3.21. The van der Waals surface area contributed by atoms with Crippen molar-refractivity contribution in [2.24, 2.45) is 0 Å². The van der Waals surface area contributed by atoms with Crippen molar-refractivity contribution in [3.05, 3.63) is 52.3 Å². The van der Waals surface area contributed by atoms with Gasteiger partial charge in [-0.3, -0.25) is 4.79 Å². The summed E-state index contributed by atoms with van der Waals surface area (Å²) in [5.74, 6) is 0.829. The molecule has 0 unspecified atom stereocenters. The Balaban J connectivity index is 1.67. The van der Waals surface area contributed by atoms with Gasteiger partial charge in [0.1, 0.15) is 12.4 Å². The minimum Gasteiger partial charge on any atom is -0.347 e. The molecule has 0 saturated heterocycles. The Bertz CT molecular complexity index is 701. The zero-order chi connectivity index (χ0) is 14.7. The quantitative estimate of drug-likeness (QED) is 0.782. The number of nitrogens with zero attached hydrogens (tertiary/aromatic N) is 2. The van der Waals surface area contributed by atoms with E-state index < -0.39 is 0 Å². The molecule has 3 aromatic heterocycles. The van der Waals surface area contributed by atoms with E-state index in [4.69, 9.17) is 0 Å². The van der Waals surface area contributed by atoms with Crippen molar-refractivity contribution >= 4 is 28.6 Å². The van der Waals surface area contributed by atoms with Gasteiger partial charge in [-0.05, 0) is 29.8 Å². The van der Waals surface area contributed by atoms with Gasteiger partial charge in [-0.2, -0.15) is 0 Å². The van der Waals surface area contributed by atoms with E-state index in [1.165, 1.54) is 0 Å². The Labute approximate surface area is 131 Å². The van der Waals surface area contributed by atoms with Crippen molar-refractivity contribution in [2.75, 3.05) is 0 Å². The first kappa shape index (κ1) is 14.0. The number of hydrogen-bond donors (Lipinski definition) is 1. The van der Waals surface area contributed by atoms with E-state index in [0.717, 1.165) is 15.6 Å². The Morgan fingerprint density at radius 3 is 2.86 bits per heavy atom. The highest BCUT2D eigenvalue weighted by molar-refractivity contribution is 7.13. The van der Waals surface area contributed by atoms with Crippen LogP contribution >= 0.6 is 22.7 Å². The lowest BCUT2D eigenvalue weighted by Crippen LogP contribution is -2.29. The maximum atomic E-state index is 12.2. The summed E-state index contributed by atoms with van der Waals surface area (Å²) in [4.78, 5) is 18.8. The third-order valence-electron chi connectivity index (χ3n) is 3.12. The van der Waals surface area contributed by atoms with E-state index in [9.17, 15) is 4.79 Å². The maximum Gasteiger partial charge on any atom is 0.240 e. The smallest absolute Gasteiger partial charge is 0.240 e. The standard InChI is InChI=1S/C15H15N3OS2/c1-11(12-4-2-8-20-12)17-14(19)10-18-7-6-16-15(18)13-5-3-9-21-13/h2-9,11H,10H2,1H3,(H,17,19)/t11-/m0/s1. The summed E-state index contributed by atoms with van der Waals surface area (Å²) >= 11 is 3.27. The van der Waals surface area contributed by atoms with Crippen LogP contribution in [0.4, 0.5) is 0 Å². The lowest BCUT2D eigenvalue weighted by Gasteiger charge is -2.13. The highest BCUT2D eigenvalue weighted by atomic mass is 32.1. The summed E-state index contributed by atoms with van der Waals surface area (Å²) in [6.07, 6.45) is 3.56. The highest BCUT2D eigenvalue weighted by Crippen LogP contribution is 2.23. The van der Waals surface area contributed by atoms with Crippen LogP contribution in [0.1, 0.15) is 17.8 Å². The summed E-state index contributed by atoms with van der Waals surface area (Å²) < 4.78 is 1.88. The number of aromatic nitrogens is 2. The molecule has 0 aliphatic rings. The molecule has 4 nitrogen and oxygen atoms in total. The lowest BCUT2D eigenvalue weighted by atomic mass is 10.3. The first-order chi connectivity index (χ1) is 10.2. The van der Waals surface area contributed by atoms with Gasteiger partial charge in [-0.25, -0.2) is 4.98 Å². The number of carbonyl (C=O) groups is 1. The molecule has 0 aliphatic carbocycles. The molecule has 108 valence electrons. The zero-order valence-electron chi connectivity index (χ0n) is 11.5. The minimum absolute atomic E-state index is 0.00768. The van der Waals surface area contributed by atoms with E-state index in [1.54, 1.807) is 28.9 Å². The number of nitrogens with one attached hydrogen (secondary N) is 1. The van der Waals surface area contributed by atoms with E-state index in [2.05, 4.69) is 10.3 Å². The largest absolute Gasteiger partial charge is 0.347 e. The van der Waals surface area contributed by atoms with Crippen molar-refractivity contribution in [3.63, 3.8) is 0 Å². The molecule has 3 heterocycles. The molecule has 0 saturated carbocycles. The topological polar surface area (TPSA) is 46.9 Å². The third-order valence-corrected chi connectivity index (χ3v) is 5.04. The van der Waals surface area contributed by atoms with Gasteiger partial charge >= 0.3 is 0 Å². The van der Waals surface area contributed by atoms with E-state index in [1.807, 2.05) is 52.7 Å². The van der Waals surface area contributed by atoms with Crippen LogP contribution in [0.5, 0.6) is 0 Å². The van der Waals surface area contributed by atoms with Crippen LogP contribution < -0.4 is 5.32 Å². The fourth-order valence-electron chi connectivity index (χ4n) is 2.12. The van der Waals surface area contributed by atoms with Crippen LogP contribution in [-0.2, 0) is 11.3 Å². The molecule has 3 aromatic rings.